The summed E-state index contributed by atoms with van der Waals surface area (Å²) in [6.07, 6.45) is 13.1. The zero-order chi connectivity index (χ0) is 12.3. The average Bonchev–Trinajstić information content (AvgIpc) is 2.30. The van der Waals surface area contributed by atoms with Crippen LogP contribution in [0.25, 0.3) is 0 Å². The summed E-state index contributed by atoms with van der Waals surface area (Å²) in [7, 11) is 0. The zero-order valence-corrected chi connectivity index (χ0v) is 11.5. The van der Waals surface area contributed by atoms with Gasteiger partial charge in [-0.05, 0) is 42.4 Å². The molecule has 2 rings (SSSR count). The molecule has 96 valence electrons. The highest BCUT2D eigenvalue weighted by Gasteiger charge is 2.31. The van der Waals surface area contributed by atoms with Crippen molar-refractivity contribution in [2.45, 2.75) is 40.0 Å². The topological polar surface area (TPSA) is 9.23 Å². The molecule has 1 aliphatic carbocycles. The molecular weight excluding hydrogens is 208 g/mol. The van der Waals surface area contributed by atoms with Crippen molar-refractivity contribution in [1.29, 1.82) is 0 Å². The third-order valence-electron chi connectivity index (χ3n) is 4.20. The summed E-state index contributed by atoms with van der Waals surface area (Å²) >= 11 is 0. The van der Waals surface area contributed by atoms with Crippen molar-refractivity contribution >= 4 is 0 Å². The summed E-state index contributed by atoms with van der Waals surface area (Å²) in [5.41, 5.74) is 0.372. The second-order valence-electron chi connectivity index (χ2n) is 6.62. The van der Waals surface area contributed by atoms with Gasteiger partial charge in [-0.25, -0.2) is 0 Å². The lowest BCUT2D eigenvalue weighted by Gasteiger charge is -2.37. The van der Waals surface area contributed by atoms with Gasteiger partial charge in [-0.1, -0.05) is 45.1 Å². The standard InChI is InChI=1S/C16H26O/c1-16(2,3)15-7-5-4-6-14(15)12-13-8-10-17-11-9-13/h4-7,13-15H,8-12H2,1-3H3. The lowest BCUT2D eigenvalue weighted by molar-refractivity contribution is 0.0553. The van der Waals surface area contributed by atoms with E-state index in [0.29, 0.717) is 11.3 Å². The molecule has 1 aliphatic heterocycles. The number of hydrogen-bond acceptors (Lipinski definition) is 1. The van der Waals surface area contributed by atoms with Crippen LogP contribution in [0, 0.1) is 23.2 Å². The SMILES string of the molecule is CC(C)(C)C1C=CC=CC1CC1CCOCC1. The van der Waals surface area contributed by atoms with Gasteiger partial charge in [0.2, 0.25) is 0 Å². The molecule has 2 aliphatic rings. The van der Waals surface area contributed by atoms with Crippen LogP contribution in [-0.2, 0) is 4.74 Å². The van der Waals surface area contributed by atoms with Crippen molar-refractivity contribution in [3.8, 4) is 0 Å². The zero-order valence-electron chi connectivity index (χ0n) is 11.5. The molecule has 2 atom stereocenters. The van der Waals surface area contributed by atoms with Crippen LogP contribution in [0.2, 0.25) is 0 Å². The summed E-state index contributed by atoms with van der Waals surface area (Å²) in [5.74, 6) is 2.29. The van der Waals surface area contributed by atoms with E-state index in [-0.39, 0.29) is 0 Å². The van der Waals surface area contributed by atoms with E-state index in [1.165, 1.54) is 19.3 Å². The molecule has 0 saturated carbocycles. The van der Waals surface area contributed by atoms with Crippen molar-refractivity contribution in [1.82, 2.24) is 0 Å². The molecule has 1 fully saturated rings. The molecule has 0 spiro atoms. The van der Waals surface area contributed by atoms with Gasteiger partial charge in [-0.15, -0.1) is 0 Å². The Morgan fingerprint density at radius 3 is 2.35 bits per heavy atom. The van der Waals surface area contributed by atoms with Crippen LogP contribution in [0.4, 0.5) is 0 Å². The Kier molecular flexibility index (Phi) is 4.09. The number of hydrogen-bond donors (Lipinski definition) is 0. The molecule has 0 radical (unpaired) electrons. The van der Waals surface area contributed by atoms with Gasteiger partial charge in [0.15, 0.2) is 0 Å². The maximum atomic E-state index is 5.45. The third kappa shape index (κ3) is 3.45. The maximum absolute atomic E-state index is 5.45. The molecule has 1 nitrogen and oxygen atoms in total. The summed E-state index contributed by atoms with van der Waals surface area (Å²) in [4.78, 5) is 0. The van der Waals surface area contributed by atoms with Crippen LogP contribution in [0.1, 0.15) is 40.0 Å². The lowest BCUT2D eigenvalue weighted by atomic mass is 9.68. The van der Waals surface area contributed by atoms with Gasteiger partial charge < -0.3 is 4.74 Å². The van der Waals surface area contributed by atoms with Crippen LogP contribution >= 0.6 is 0 Å². The van der Waals surface area contributed by atoms with E-state index in [9.17, 15) is 0 Å². The summed E-state index contributed by atoms with van der Waals surface area (Å²) in [6, 6.07) is 0. The predicted octanol–water partition coefficient (Wildman–Crippen LogP) is 4.21. The Morgan fingerprint density at radius 2 is 1.71 bits per heavy atom. The van der Waals surface area contributed by atoms with Crippen molar-refractivity contribution in [3.05, 3.63) is 24.3 Å². The Hall–Kier alpha value is -0.560. The molecule has 0 aromatic heterocycles. The van der Waals surface area contributed by atoms with E-state index >= 15 is 0 Å². The fourth-order valence-corrected chi connectivity index (χ4v) is 3.18. The van der Waals surface area contributed by atoms with Crippen molar-refractivity contribution in [2.75, 3.05) is 13.2 Å². The molecule has 1 heteroatoms. The van der Waals surface area contributed by atoms with Crippen LogP contribution in [-0.4, -0.2) is 13.2 Å². The average molecular weight is 234 g/mol. The van der Waals surface area contributed by atoms with E-state index in [4.69, 9.17) is 4.74 Å². The fourth-order valence-electron chi connectivity index (χ4n) is 3.18. The highest BCUT2D eigenvalue weighted by atomic mass is 16.5. The molecule has 17 heavy (non-hydrogen) atoms. The van der Waals surface area contributed by atoms with E-state index in [2.05, 4.69) is 45.1 Å². The van der Waals surface area contributed by atoms with Crippen LogP contribution in [0.3, 0.4) is 0 Å². The highest BCUT2D eigenvalue weighted by Crippen LogP contribution is 2.40. The molecule has 0 amide bonds. The molecule has 0 N–H and O–H groups in total. The minimum absolute atomic E-state index is 0.372. The normalized spacial score (nSPS) is 30.8. The number of rotatable bonds is 2. The minimum Gasteiger partial charge on any atom is -0.381 e. The van der Waals surface area contributed by atoms with Crippen molar-refractivity contribution < 1.29 is 4.74 Å². The Morgan fingerprint density at radius 1 is 1.06 bits per heavy atom. The van der Waals surface area contributed by atoms with E-state index in [1.54, 1.807) is 0 Å². The Bertz CT molecular complexity index is 289. The summed E-state index contributed by atoms with van der Waals surface area (Å²) in [6.45, 7) is 9.02. The Labute approximate surface area is 106 Å². The second kappa shape index (κ2) is 5.39. The summed E-state index contributed by atoms with van der Waals surface area (Å²) < 4.78 is 5.45. The van der Waals surface area contributed by atoms with Gasteiger partial charge in [-0.2, -0.15) is 0 Å². The van der Waals surface area contributed by atoms with Crippen LogP contribution in [0.15, 0.2) is 24.3 Å². The quantitative estimate of drug-likeness (QED) is 0.695. The molecule has 0 aromatic carbocycles. The minimum atomic E-state index is 0.372. The van der Waals surface area contributed by atoms with E-state index in [0.717, 1.165) is 25.0 Å². The lowest BCUT2D eigenvalue weighted by Crippen LogP contribution is -2.29. The smallest absolute Gasteiger partial charge is 0.0468 e. The third-order valence-corrected chi connectivity index (χ3v) is 4.20. The predicted molar refractivity (Wildman–Crippen MR) is 72.9 cm³/mol. The molecule has 1 heterocycles. The van der Waals surface area contributed by atoms with Gasteiger partial charge in [0.25, 0.3) is 0 Å². The first-order valence-corrected chi connectivity index (χ1v) is 7.00. The monoisotopic (exact) mass is 234 g/mol. The van der Waals surface area contributed by atoms with Gasteiger partial charge in [0.05, 0.1) is 0 Å². The molecule has 1 saturated heterocycles. The molecule has 2 unspecified atom stereocenters. The molecule has 0 aromatic rings. The van der Waals surface area contributed by atoms with E-state index in [1.807, 2.05) is 0 Å². The largest absolute Gasteiger partial charge is 0.381 e. The first kappa shape index (κ1) is 12.9. The van der Waals surface area contributed by atoms with Gasteiger partial charge in [0.1, 0.15) is 0 Å². The number of allylic oxidation sites excluding steroid dienone is 4. The Balaban J connectivity index is 1.97. The maximum Gasteiger partial charge on any atom is 0.0468 e. The first-order chi connectivity index (χ1) is 8.07. The van der Waals surface area contributed by atoms with Gasteiger partial charge in [-0.3, -0.25) is 0 Å². The molecular formula is C16H26O. The van der Waals surface area contributed by atoms with Crippen LogP contribution < -0.4 is 0 Å². The first-order valence-electron chi connectivity index (χ1n) is 7.00. The van der Waals surface area contributed by atoms with Crippen LogP contribution in [0.5, 0.6) is 0 Å². The summed E-state index contributed by atoms with van der Waals surface area (Å²) in [5, 5.41) is 0. The van der Waals surface area contributed by atoms with Crippen molar-refractivity contribution in [2.24, 2.45) is 23.2 Å². The fraction of sp³-hybridized carbons (Fsp3) is 0.750. The van der Waals surface area contributed by atoms with Crippen molar-refractivity contribution in [3.63, 3.8) is 0 Å². The van der Waals surface area contributed by atoms with Gasteiger partial charge in [0, 0.05) is 13.2 Å². The van der Waals surface area contributed by atoms with E-state index < -0.39 is 0 Å². The second-order valence-corrected chi connectivity index (χ2v) is 6.62. The molecule has 0 bridgehead atoms. The van der Waals surface area contributed by atoms with Gasteiger partial charge >= 0.3 is 0 Å². The number of ether oxygens (including phenoxy) is 1. The highest BCUT2D eigenvalue weighted by molar-refractivity contribution is 5.16.